The molecule has 11 heavy (non-hydrogen) atoms. The lowest BCUT2D eigenvalue weighted by molar-refractivity contribution is 0.351. The number of nitrogens with one attached hydrogen (secondary N) is 2. The average molecular weight is 156 g/mol. The molecule has 0 radical (unpaired) electrons. The second-order valence-electron chi connectivity index (χ2n) is 4.07. The van der Waals surface area contributed by atoms with Crippen molar-refractivity contribution in [2.24, 2.45) is 0 Å². The SMILES string of the molecule is CCC1CC(C)(C)NCCN1. The third-order valence-corrected chi connectivity index (χ3v) is 2.41. The van der Waals surface area contributed by atoms with Crippen molar-refractivity contribution in [1.82, 2.24) is 10.6 Å². The molecule has 0 spiro atoms. The van der Waals surface area contributed by atoms with Gasteiger partial charge in [0.05, 0.1) is 0 Å². The number of hydrogen-bond acceptors (Lipinski definition) is 2. The summed E-state index contributed by atoms with van der Waals surface area (Å²) >= 11 is 0. The first kappa shape index (κ1) is 9.01. The Morgan fingerprint density at radius 2 is 2.09 bits per heavy atom. The van der Waals surface area contributed by atoms with Crippen LogP contribution >= 0.6 is 0 Å². The Bertz CT molecular complexity index is 121. The first-order valence-electron chi connectivity index (χ1n) is 4.62. The summed E-state index contributed by atoms with van der Waals surface area (Å²) < 4.78 is 0. The fourth-order valence-corrected chi connectivity index (χ4v) is 1.73. The predicted molar refractivity (Wildman–Crippen MR) is 48.8 cm³/mol. The van der Waals surface area contributed by atoms with Crippen LogP contribution in [0, 0.1) is 0 Å². The molecule has 0 saturated carbocycles. The van der Waals surface area contributed by atoms with E-state index in [-0.39, 0.29) is 0 Å². The first-order chi connectivity index (χ1) is 5.14. The lowest BCUT2D eigenvalue weighted by Crippen LogP contribution is -2.40. The van der Waals surface area contributed by atoms with Gasteiger partial charge in [-0.2, -0.15) is 0 Å². The van der Waals surface area contributed by atoms with Crippen molar-refractivity contribution >= 4 is 0 Å². The Labute approximate surface area is 69.8 Å². The lowest BCUT2D eigenvalue weighted by Gasteiger charge is -2.26. The molecule has 0 bridgehead atoms. The molecule has 0 aromatic heterocycles. The molecule has 2 heteroatoms. The van der Waals surface area contributed by atoms with Crippen molar-refractivity contribution < 1.29 is 0 Å². The molecule has 1 fully saturated rings. The van der Waals surface area contributed by atoms with Crippen molar-refractivity contribution in [1.29, 1.82) is 0 Å². The molecule has 2 nitrogen and oxygen atoms in total. The van der Waals surface area contributed by atoms with Crippen LogP contribution in [0.5, 0.6) is 0 Å². The minimum atomic E-state index is 0.324. The Kier molecular flexibility index (Phi) is 2.90. The second-order valence-corrected chi connectivity index (χ2v) is 4.07. The summed E-state index contributed by atoms with van der Waals surface area (Å²) in [6.45, 7) is 9.02. The average Bonchev–Trinajstić information content (AvgIpc) is 2.10. The van der Waals surface area contributed by atoms with Crippen LogP contribution in [0.2, 0.25) is 0 Å². The van der Waals surface area contributed by atoms with Gasteiger partial charge < -0.3 is 10.6 Å². The first-order valence-corrected chi connectivity index (χ1v) is 4.62. The number of rotatable bonds is 1. The van der Waals surface area contributed by atoms with E-state index in [1.165, 1.54) is 12.8 Å². The summed E-state index contributed by atoms with van der Waals surface area (Å²) in [6, 6.07) is 0.708. The molecule has 0 aromatic rings. The van der Waals surface area contributed by atoms with Crippen LogP contribution in [0.25, 0.3) is 0 Å². The Morgan fingerprint density at radius 3 is 2.73 bits per heavy atom. The minimum Gasteiger partial charge on any atom is -0.313 e. The van der Waals surface area contributed by atoms with Crippen molar-refractivity contribution in [3.8, 4) is 0 Å². The van der Waals surface area contributed by atoms with E-state index in [4.69, 9.17) is 0 Å². The highest BCUT2D eigenvalue weighted by Crippen LogP contribution is 2.14. The zero-order valence-electron chi connectivity index (χ0n) is 7.91. The van der Waals surface area contributed by atoms with E-state index in [0.717, 1.165) is 13.1 Å². The van der Waals surface area contributed by atoms with E-state index in [1.54, 1.807) is 0 Å². The Morgan fingerprint density at radius 1 is 1.36 bits per heavy atom. The van der Waals surface area contributed by atoms with E-state index in [2.05, 4.69) is 31.4 Å². The molecule has 1 aliphatic heterocycles. The summed E-state index contributed by atoms with van der Waals surface area (Å²) in [5, 5.41) is 7.05. The summed E-state index contributed by atoms with van der Waals surface area (Å²) in [4.78, 5) is 0. The fraction of sp³-hybridized carbons (Fsp3) is 1.00. The zero-order chi connectivity index (χ0) is 8.32. The van der Waals surface area contributed by atoms with Crippen LogP contribution in [0.1, 0.15) is 33.6 Å². The third-order valence-electron chi connectivity index (χ3n) is 2.41. The maximum absolute atomic E-state index is 3.52. The highest BCUT2D eigenvalue weighted by atomic mass is 15.0. The molecule has 1 heterocycles. The molecule has 0 aliphatic carbocycles. The molecule has 1 aliphatic rings. The van der Waals surface area contributed by atoms with Crippen LogP contribution < -0.4 is 10.6 Å². The summed E-state index contributed by atoms with van der Waals surface area (Å²) in [5.74, 6) is 0. The second kappa shape index (κ2) is 3.55. The monoisotopic (exact) mass is 156 g/mol. The van der Waals surface area contributed by atoms with Gasteiger partial charge in [0.25, 0.3) is 0 Å². The van der Waals surface area contributed by atoms with Crippen molar-refractivity contribution in [2.75, 3.05) is 13.1 Å². The Hall–Kier alpha value is -0.0800. The van der Waals surface area contributed by atoms with Gasteiger partial charge in [0.2, 0.25) is 0 Å². The van der Waals surface area contributed by atoms with E-state index in [0.29, 0.717) is 11.6 Å². The molecular formula is C9H20N2. The normalized spacial score (nSPS) is 31.4. The Balaban J connectivity index is 2.47. The molecule has 1 rings (SSSR count). The van der Waals surface area contributed by atoms with Gasteiger partial charge in [0, 0.05) is 24.7 Å². The van der Waals surface area contributed by atoms with Crippen LogP contribution in [0.4, 0.5) is 0 Å². The quantitative estimate of drug-likeness (QED) is 0.594. The highest BCUT2D eigenvalue weighted by Gasteiger charge is 2.23. The van der Waals surface area contributed by atoms with Crippen LogP contribution in [-0.2, 0) is 0 Å². The van der Waals surface area contributed by atoms with E-state index < -0.39 is 0 Å². The van der Waals surface area contributed by atoms with E-state index in [1.807, 2.05) is 0 Å². The van der Waals surface area contributed by atoms with Gasteiger partial charge >= 0.3 is 0 Å². The topological polar surface area (TPSA) is 24.1 Å². The highest BCUT2D eigenvalue weighted by molar-refractivity contribution is 4.86. The van der Waals surface area contributed by atoms with Gasteiger partial charge in [-0.1, -0.05) is 6.92 Å². The van der Waals surface area contributed by atoms with Crippen molar-refractivity contribution in [3.63, 3.8) is 0 Å². The van der Waals surface area contributed by atoms with Crippen LogP contribution in [-0.4, -0.2) is 24.7 Å². The molecule has 2 N–H and O–H groups in total. The van der Waals surface area contributed by atoms with Gasteiger partial charge in [-0.05, 0) is 26.7 Å². The fourth-order valence-electron chi connectivity index (χ4n) is 1.73. The van der Waals surface area contributed by atoms with Crippen LogP contribution in [0.3, 0.4) is 0 Å². The summed E-state index contributed by atoms with van der Waals surface area (Å²) in [5.41, 5.74) is 0.324. The molecule has 1 saturated heterocycles. The molecular weight excluding hydrogens is 136 g/mol. The van der Waals surface area contributed by atoms with Gasteiger partial charge in [-0.3, -0.25) is 0 Å². The van der Waals surface area contributed by atoms with E-state index in [9.17, 15) is 0 Å². The van der Waals surface area contributed by atoms with Crippen molar-refractivity contribution in [2.45, 2.75) is 45.2 Å². The lowest BCUT2D eigenvalue weighted by atomic mass is 9.95. The third kappa shape index (κ3) is 2.80. The van der Waals surface area contributed by atoms with Gasteiger partial charge in [0.1, 0.15) is 0 Å². The number of hydrogen-bond donors (Lipinski definition) is 2. The van der Waals surface area contributed by atoms with E-state index >= 15 is 0 Å². The largest absolute Gasteiger partial charge is 0.313 e. The molecule has 0 amide bonds. The zero-order valence-corrected chi connectivity index (χ0v) is 7.91. The molecule has 0 aromatic carbocycles. The maximum Gasteiger partial charge on any atom is 0.0140 e. The standard InChI is InChI=1S/C9H20N2/c1-4-8-7-9(2,3)11-6-5-10-8/h8,10-11H,4-7H2,1-3H3. The molecule has 1 unspecified atom stereocenters. The predicted octanol–water partition coefficient (Wildman–Crippen LogP) is 1.13. The van der Waals surface area contributed by atoms with Gasteiger partial charge in [0.15, 0.2) is 0 Å². The smallest absolute Gasteiger partial charge is 0.0140 e. The molecule has 66 valence electrons. The van der Waals surface area contributed by atoms with Gasteiger partial charge in [-0.15, -0.1) is 0 Å². The van der Waals surface area contributed by atoms with Crippen LogP contribution in [0.15, 0.2) is 0 Å². The maximum atomic E-state index is 3.52. The minimum absolute atomic E-state index is 0.324. The van der Waals surface area contributed by atoms with Crippen molar-refractivity contribution in [3.05, 3.63) is 0 Å². The van der Waals surface area contributed by atoms with Gasteiger partial charge in [-0.25, -0.2) is 0 Å². The summed E-state index contributed by atoms with van der Waals surface area (Å²) in [7, 11) is 0. The summed E-state index contributed by atoms with van der Waals surface area (Å²) in [6.07, 6.45) is 2.48. The molecule has 1 atom stereocenters.